The molecule has 3 rings (SSSR count). The van der Waals surface area contributed by atoms with Gasteiger partial charge in [-0.25, -0.2) is 9.97 Å². The first-order valence-corrected chi connectivity index (χ1v) is 6.09. The SMILES string of the molecule is Cc1c(Cl)nc(C2CC2)nc1-c1ccccn1. The van der Waals surface area contributed by atoms with Crippen molar-refractivity contribution in [3.05, 3.63) is 40.9 Å². The molecule has 2 heterocycles. The van der Waals surface area contributed by atoms with Crippen LogP contribution in [0.4, 0.5) is 0 Å². The first kappa shape index (κ1) is 10.7. The summed E-state index contributed by atoms with van der Waals surface area (Å²) in [6.45, 7) is 1.93. The van der Waals surface area contributed by atoms with Crippen LogP contribution in [-0.2, 0) is 0 Å². The van der Waals surface area contributed by atoms with E-state index in [1.165, 1.54) is 12.8 Å². The summed E-state index contributed by atoms with van der Waals surface area (Å²) < 4.78 is 0. The van der Waals surface area contributed by atoms with Gasteiger partial charge >= 0.3 is 0 Å². The topological polar surface area (TPSA) is 38.7 Å². The van der Waals surface area contributed by atoms with E-state index in [1.807, 2.05) is 25.1 Å². The molecule has 17 heavy (non-hydrogen) atoms. The minimum Gasteiger partial charge on any atom is -0.255 e. The van der Waals surface area contributed by atoms with Crippen LogP contribution < -0.4 is 0 Å². The third-order valence-electron chi connectivity index (χ3n) is 2.95. The molecule has 0 radical (unpaired) electrons. The van der Waals surface area contributed by atoms with E-state index < -0.39 is 0 Å². The highest BCUT2D eigenvalue weighted by atomic mass is 35.5. The Morgan fingerprint density at radius 2 is 2.06 bits per heavy atom. The van der Waals surface area contributed by atoms with Gasteiger partial charge in [0.1, 0.15) is 11.0 Å². The molecule has 0 aromatic carbocycles. The molecule has 0 aliphatic heterocycles. The van der Waals surface area contributed by atoms with Crippen molar-refractivity contribution in [3.63, 3.8) is 0 Å². The number of pyridine rings is 1. The van der Waals surface area contributed by atoms with Crippen LogP contribution in [0.25, 0.3) is 11.4 Å². The van der Waals surface area contributed by atoms with Crippen molar-refractivity contribution in [3.8, 4) is 11.4 Å². The van der Waals surface area contributed by atoms with Gasteiger partial charge in [0.25, 0.3) is 0 Å². The largest absolute Gasteiger partial charge is 0.255 e. The molecule has 2 aromatic rings. The van der Waals surface area contributed by atoms with E-state index in [-0.39, 0.29) is 0 Å². The second-order valence-corrected chi connectivity index (χ2v) is 4.69. The number of nitrogens with zero attached hydrogens (tertiary/aromatic N) is 3. The summed E-state index contributed by atoms with van der Waals surface area (Å²) in [5.74, 6) is 1.36. The molecule has 0 spiro atoms. The molecule has 1 aliphatic carbocycles. The summed E-state index contributed by atoms with van der Waals surface area (Å²) in [5.41, 5.74) is 2.61. The lowest BCUT2D eigenvalue weighted by atomic mass is 10.2. The average molecular weight is 246 g/mol. The van der Waals surface area contributed by atoms with E-state index in [0.29, 0.717) is 11.1 Å². The highest BCUT2D eigenvalue weighted by molar-refractivity contribution is 6.30. The molecular formula is C13H12ClN3. The van der Waals surface area contributed by atoms with Crippen molar-refractivity contribution in [2.45, 2.75) is 25.7 Å². The highest BCUT2D eigenvalue weighted by Crippen LogP contribution is 2.39. The first-order valence-electron chi connectivity index (χ1n) is 5.71. The Hall–Kier alpha value is -1.48. The zero-order valence-electron chi connectivity index (χ0n) is 9.52. The molecule has 1 saturated carbocycles. The van der Waals surface area contributed by atoms with Gasteiger partial charge in [0.15, 0.2) is 0 Å². The molecule has 86 valence electrons. The van der Waals surface area contributed by atoms with Gasteiger partial charge in [0.05, 0.1) is 11.4 Å². The number of hydrogen-bond donors (Lipinski definition) is 0. The third kappa shape index (κ3) is 2.03. The Morgan fingerprint density at radius 3 is 2.71 bits per heavy atom. The fourth-order valence-corrected chi connectivity index (χ4v) is 1.96. The smallest absolute Gasteiger partial charge is 0.136 e. The Balaban J connectivity index is 2.14. The predicted octanol–water partition coefficient (Wildman–Crippen LogP) is 3.38. The first-order chi connectivity index (χ1) is 8.25. The van der Waals surface area contributed by atoms with Gasteiger partial charge in [-0.05, 0) is 31.9 Å². The lowest BCUT2D eigenvalue weighted by molar-refractivity contribution is 0.919. The van der Waals surface area contributed by atoms with Crippen LogP contribution >= 0.6 is 11.6 Å². The summed E-state index contributed by atoms with van der Waals surface area (Å²) in [7, 11) is 0. The van der Waals surface area contributed by atoms with Gasteiger partial charge < -0.3 is 0 Å². The summed E-state index contributed by atoms with van der Waals surface area (Å²) >= 11 is 6.16. The standard InChI is InChI=1S/C13H12ClN3/c1-8-11(10-4-2-3-7-15-10)16-13(9-5-6-9)17-12(8)14/h2-4,7,9H,5-6H2,1H3. The van der Waals surface area contributed by atoms with Gasteiger partial charge in [-0.3, -0.25) is 4.98 Å². The van der Waals surface area contributed by atoms with Crippen LogP contribution in [0.1, 0.15) is 30.1 Å². The van der Waals surface area contributed by atoms with Crippen LogP contribution in [0, 0.1) is 6.92 Å². The number of rotatable bonds is 2. The maximum atomic E-state index is 6.16. The van der Waals surface area contributed by atoms with E-state index in [2.05, 4.69) is 15.0 Å². The Morgan fingerprint density at radius 1 is 1.24 bits per heavy atom. The van der Waals surface area contributed by atoms with E-state index >= 15 is 0 Å². The van der Waals surface area contributed by atoms with Crippen molar-refractivity contribution < 1.29 is 0 Å². The fraction of sp³-hybridized carbons (Fsp3) is 0.308. The van der Waals surface area contributed by atoms with Gasteiger partial charge in [-0.1, -0.05) is 17.7 Å². The molecule has 3 nitrogen and oxygen atoms in total. The monoisotopic (exact) mass is 245 g/mol. The second kappa shape index (κ2) is 4.08. The third-order valence-corrected chi connectivity index (χ3v) is 3.32. The Kier molecular flexibility index (Phi) is 2.56. The van der Waals surface area contributed by atoms with Crippen LogP contribution in [0.3, 0.4) is 0 Å². The maximum absolute atomic E-state index is 6.16. The van der Waals surface area contributed by atoms with Gasteiger partial charge in [-0.2, -0.15) is 0 Å². The molecule has 2 aromatic heterocycles. The van der Waals surface area contributed by atoms with Crippen molar-refractivity contribution in [2.75, 3.05) is 0 Å². The lowest BCUT2D eigenvalue weighted by Gasteiger charge is -2.08. The number of halogens is 1. The molecule has 0 saturated heterocycles. The predicted molar refractivity (Wildman–Crippen MR) is 67.0 cm³/mol. The van der Waals surface area contributed by atoms with Crippen molar-refractivity contribution in [2.24, 2.45) is 0 Å². The number of aromatic nitrogens is 3. The Labute approximate surface area is 105 Å². The minimum absolute atomic E-state index is 0.496. The van der Waals surface area contributed by atoms with Gasteiger partial charge in [-0.15, -0.1) is 0 Å². The summed E-state index contributed by atoms with van der Waals surface area (Å²) in [4.78, 5) is 13.3. The molecule has 0 N–H and O–H groups in total. The van der Waals surface area contributed by atoms with Crippen LogP contribution in [0.15, 0.2) is 24.4 Å². The average Bonchev–Trinajstić information content (AvgIpc) is 3.18. The summed E-state index contributed by atoms with van der Waals surface area (Å²) in [6, 6.07) is 5.79. The zero-order valence-corrected chi connectivity index (χ0v) is 10.3. The van der Waals surface area contributed by atoms with Crippen LogP contribution in [0.5, 0.6) is 0 Å². The molecule has 1 aliphatic rings. The maximum Gasteiger partial charge on any atom is 0.136 e. The number of hydrogen-bond acceptors (Lipinski definition) is 3. The second-order valence-electron chi connectivity index (χ2n) is 4.34. The Bertz CT molecular complexity index is 550. The summed E-state index contributed by atoms with van der Waals surface area (Å²) in [6.07, 6.45) is 4.10. The molecule has 0 amide bonds. The highest BCUT2D eigenvalue weighted by Gasteiger charge is 2.28. The lowest BCUT2D eigenvalue weighted by Crippen LogP contribution is -2.00. The van der Waals surface area contributed by atoms with E-state index in [4.69, 9.17) is 11.6 Å². The zero-order chi connectivity index (χ0) is 11.8. The minimum atomic E-state index is 0.496. The molecule has 1 fully saturated rings. The fourth-order valence-electron chi connectivity index (χ4n) is 1.78. The van der Waals surface area contributed by atoms with Crippen LogP contribution in [0.2, 0.25) is 5.15 Å². The van der Waals surface area contributed by atoms with Crippen molar-refractivity contribution in [1.82, 2.24) is 15.0 Å². The van der Waals surface area contributed by atoms with E-state index in [9.17, 15) is 0 Å². The van der Waals surface area contributed by atoms with Crippen molar-refractivity contribution in [1.29, 1.82) is 0 Å². The normalized spacial score (nSPS) is 14.9. The molecule has 0 atom stereocenters. The molecule has 0 bridgehead atoms. The van der Waals surface area contributed by atoms with E-state index in [1.54, 1.807) is 6.20 Å². The molecule has 4 heteroatoms. The van der Waals surface area contributed by atoms with Gasteiger partial charge in [0, 0.05) is 17.7 Å². The summed E-state index contributed by atoms with van der Waals surface area (Å²) in [5, 5.41) is 0.544. The molecular weight excluding hydrogens is 234 g/mol. The molecule has 0 unspecified atom stereocenters. The van der Waals surface area contributed by atoms with Crippen LogP contribution in [-0.4, -0.2) is 15.0 Å². The van der Waals surface area contributed by atoms with Gasteiger partial charge in [0.2, 0.25) is 0 Å². The van der Waals surface area contributed by atoms with E-state index in [0.717, 1.165) is 22.8 Å². The van der Waals surface area contributed by atoms with Crippen molar-refractivity contribution >= 4 is 11.6 Å². The quantitative estimate of drug-likeness (QED) is 0.762.